The molecule has 0 bridgehead atoms. The molecule has 0 saturated heterocycles. The summed E-state index contributed by atoms with van der Waals surface area (Å²) in [5, 5.41) is 0. The van der Waals surface area contributed by atoms with Gasteiger partial charge in [-0.15, -0.1) is 11.3 Å². The second-order valence-electron chi connectivity index (χ2n) is 1.42. The molecule has 0 amide bonds. The largest absolute Gasteiger partial charge is 1.00 e. The molecule has 2 nitrogen and oxygen atoms in total. The van der Waals surface area contributed by atoms with Crippen LogP contribution >= 0.6 is 34.5 Å². The van der Waals surface area contributed by atoms with Crippen LogP contribution in [-0.2, 0) is 11.1 Å². The van der Waals surface area contributed by atoms with Gasteiger partial charge in [-0.3, -0.25) is 4.21 Å². The Morgan fingerprint density at radius 1 is 1.55 bits per heavy atom. The van der Waals surface area contributed by atoms with E-state index in [1.54, 1.807) is 0 Å². The topological polar surface area (TPSA) is 40.1 Å². The molecule has 0 fully saturated rings. The first-order valence-corrected chi connectivity index (χ1v) is 4.80. The molecule has 0 saturated carbocycles. The van der Waals surface area contributed by atoms with Crippen molar-refractivity contribution in [3.8, 4) is 0 Å². The van der Waals surface area contributed by atoms with Gasteiger partial charge in [-0.1, -0.05) is 23.2 Å². The zero-order chi connectivity index (χ0) is 7.72. The Bertz CT molecular complexity index is 275. The standard InChI is InChI=1S/C4H2Cl2O2S2.Na/c5-3-1-2(10(7)8)4(6)9-3;/h1H,(H,7,8);/q;+1/p-1. The fourth-order valence-corrected chi connectivity index (χ4v) is 2.71. The van der Waals surface area contributed by atoms with Crippen molar-refractivity contribution in [3.63, 3.8) is 0 Å². The van der Waals surface area contributed by atoms with Crippen molar-refractivity contribution in [2.24, 2.45) is 0 Å². The summed E-state index contributed by atoms with van der Waals surface area (Å²) in [5.74, 6) is 0. The van der Waals surface area contributed by atoms with Gasteiger partial charge < -0.3 is 4.55 Å². The summed E-state index contributed by atoms with van der Waals surface area (Å²) < 4.78 is 21.2. The molecule has 1 unspecified atom stereocenters. The zero-order valence-corrected chi connectivity index (χ0v) is 10.6. The van der Waals surface area contributed by atoms with E-state index in [9.17, 15) is 8.76 Å². The minimum Gasteiger partial charge on any atom is -0.768 e. The van der Waals surface area contributed by atoms with Crippen LogP contribution in [0.25, 0.3) is 0 Å². The van der Waals surface area contributed by atoms with E-state index in [0.29, 0.717) is 4.34 Å². The Labute approximate surface area is 102 Å². The van der Waals surface area contributed by atoms with Crippen LogP contribution in [-0.4, -0.2) is 8.76 Å². The molecule has 0 radical (unpaired) electrons. The molecule has 0 aromatic carbocycles. The van der Waals surface area contributed by atoms with E-state index in [4.69, 9.17) is 23.2 Å². The zero-order valence-electron chi connectivity index (χ0n) is 5.47. The number of halogens is 2. The summed E-state index contributed by atoms with van der Waals surface area (Å²) in [6.45, 7) is 0. The van der Waals surface area contributed by atoms with Crippen LogP contribution in [0, 0.1) is 0 Å². The molecule has 0 aliphatic heterocycles. The van der Waals surface area contributed by atoms with E-state index >= 15 is 0 Å². The number of hydrogen-bond acceptors (Lipinski definition) is 3. The van der Waals surface area contributed by atoms with Gasteiger partial charge in [0.25, 0.3) is 0 Å². The first-order chi connectivity index (χ1) is 4.61. The number of thiophene rings is 1. The molecule has 1 atom stereocenters. The predicted octanol–water partition coefficient (Wildman–Crippen LogP) is -0.703. The Hall–Kier alpha value is 1.39. The molecule has 11 heavy (non-hydrogen) atoms. The molecule has 0 aliphatic rings. The minimum absolute atomic E-state index is 0. The molecule has 7 heteroatoms. The van der Waals surface area contributed by atoms with Crippen molar-refractivity contribution < 1.29 is 38.3 Å². The number of rotatable bonds is 1. The van der Waals surface area contributed by atoms with E-state index in [2.05, 4.69) is 0 Å². The van der Waals surface area contributed by atoms with Crippen molar-refractivity contribution >= 4 is 45.6 Å². The molecule has 1 aromatic rings. The quantitative estimate of drug-likeness (QED) is 0.480. The van der Waals surface area contributed by atoms with Gasteiger partial charge in [0.2, 0.25) is 0 Å². The molecule has 1 rings (SSSR count). The summed E-state index contributed by atoms with van der Waals surface area (Å²) >= 11 is 9.71. The fourth-order valence-electron chi connectivity index (χ4n) is 0.439. The molecule has 1 aromatic heterocycles. The van der Waals surface area contributed by atoms with Gasteiger partial charge in [0.15, 0.2) is 0 Å². The monoisotopic (exact) mass is 238 g/mol. The summed E-state index contributed by atoms with van der Waals surface area (Å²) in [6.07, 6.45) is 0. The molecule has 0 N–H and O–H groups in total. The van der Waals surface area contributed by atoms with Crippen LogP contribution < -0.4 is 29.6 Å². The van der Waals surface area contributed by atoms with E-state index < -0.39 is 11.1 Å². The second-order valence-corrected chi connectivity index (χ2v) is 4.62. The molecule has 56 valence electrons. The Morgan fingerprint density at radius 3 is 2.27 bits per heavy atom. The van der Waals surface area contributed by atoms with E-state index in [0.717, 1.165) is 11.3 Å². The van der Waals surface area contributed by atoms with Crippen molar-refractivity contribution in [2.45, 2.75) is 4.90 Å². The Kier molecular flexibility index (Phi) is 5.85. The van der Waals surface area contributed by atoms with E-state index in [-0.39, 0.29) is 38.8 Å². The van der Waals surface area contributed by atoms with Crippen LogP contribution in [0.15, 0.2) is 11.0 Å². The van der Waals surface area contributed by atoms with Crippen LogP contribution in [0.3, 0.4) is 0 Å². The molecule has 1 heterocycles. The van der Waals surface area contributed by atoms with Crippen molar-refractivity contribution in [1.82, 2.24) is 0 Å². The molecular weight excluding hydrogens is 238 g/mol. The number of hydrogen-bond donors (Lipinski definition) is 0. The van der Waals surface area contributed by atoms with Crippen LogP contribution in [0.5, 0.6) is 0 Å². The summed E-state index contributed by atoms with van der Waals surface area (Å²) in [6, 6.07) is 1.32. The first kappa shape index (κ1) is 12.4. The Morgan fingerprint density at radius 2 is 2.09 bits per heavy atom. The van der Waals surface area contributed by atoms with Gasteiger partial charge in [-0.25, -0.2) is 0 Å². The van der Waals surface area contributed by atoms with Crippen molar-refractivity contribution in [2.75, 3.05) is 0 Å². The third-order valence-electron chi connectivity index (χ3n) is 0.805. The average molecular weight is 239 g/mol. The SMILES string of the molecule is O=S([O-])c1cc(Cl)sc1Cl.[Na+]. The van der Waals surface area contributed by atoms with Crippen LogP contribution in [0.4, 0.5) is 0 Å². The maximum absolute atomic E-state index is 10.3. The van der Waals surface area contributed by atoms with Gasteiger partial charge in [-0.05, 0) is 17.1 Å². The summed E-state index contributed by atoms with van der Waals surface area (Å²) in [5.41, 5.74) is 0. The smallest absolute Gasteiger partial charge is 0.768 e. The second kappa shape index (κ2) is 5.19. The summed E-state index contributed by atoms with van der Waals surface area (Å²) in [4.78, 5) is 0.0664. The normalized spacial score (nSPS) is 12.3. The van der Waals surface area contributed by atoms with Gasteiger partial charge in [0.05, 0.1) is 9.23 Å². The third-order valence-corrected chi connectivity index (χ3v) is 3.21. The fraction of sp³-hybridized carbons (Fsp3) is 0. The summed E-state index contributed by atoms with van der Waals surface area (Å²) in [7, 11) is 0. The maximum atomic E-state index is 10.3. The van der Waals surface area contributed by atoms with Gasteiger partial charge in [-0.2, -0.15) is 0 Å². The molecule has 0 spiro atoms. The van der Waals surface area contributed by atoms with Crippen LogP contribution in [0.2, 0.25) is 8.67 Å². The third kappa shape index (κ3) is 3.32. The van der Waals surface area contributed by atoms with E-state index in [1.807, 2.05) is 0 Å². The molecule has 0 aliphatic carbocycles. The van der Waals surface area contributed by atoms with E-state index in [1.165, 1.54) is 6.07 Å². The maximum Gasteiger partial charge on any atom is 1.00 e. The van der Waals surface area contributed by atoms with Crippen molar-refractivity contribution in [1.29, 1.82) is 0 Å². The first-order valence-electron chi connectivity index (χ1n) is 2.15. The molecular formula is C4HCl2NaO2S2. The van der Waals surface area contributed by atoms with Crippen molar-refractivity contribution in [3.05, 3.63) is 14.7 Å². The minimum atomic E-state index is -2.28. The average Bonchev–Trinajstić information content (AvgIpc) is 2.10. The van der Waals surface area contributed by atoms with Gasteiger partial charge >= 0.3 is 29.6 Å². The Balaban J connectivity index is 0.000001000. The van der Waals surface area contributed by atoms with Gasteiger partial charge in [0, 0.05) is 0 Å². The predicted molar refractivity (Wildman–Crippen MR) is 41.5 cm³/mol. The van der Waals surface area contributed by atoms with Crippen LogP contribution in [0.1, 0.15) is 0 Å². The van der Waals surface area contributed by atoms with Gasteiger partial charge in [0.1, 0.15) is 4.34 Å².